The van der Waals surface area contributed by atoms with E-state index >= 15 is 0 Å². The van der Waals surface area contributed by atoms with E-state index in [9.17, 15) is 8.42 Å². The lowest BCUT2D eigenvalue weighted by molar-refractivity contribution is 0.270. The predicted molar refractivity (Wildman–Crippen MR) is 98.3 cm³/mol. The van der Waals surface area contributed by atoms with Crippen LogP contribution >= 0.6 is 0 Å². The van der Waals surface area contributed by atoms with Crippen LogP contribution in [0.5, 0.6) is 0 Å². The van der Waals surface area contributed by atoms with E-state index in [0.29, 0.717) is 0 Å². The Morgan fingerprint density at radius 1 is 1.08 bits per heavy atom. The van der Waals surface area contributed by atoms with Gasteiger partial charge in [-0.15, -0.1) is 10.2 Å². The zero-order chi connectivity index (χ0) is 17.9. The standard InChI is InChI=1S/C17H23N5O2S/c1-3-21-9-11-22(12-10-21)17-8-7-16(18-19-17)20-25(23,24)15-6-4-5-14(2)13-15/h4-8,13H,3,9-12H2,1-2H3,(H,18,20). The predicted octanol–water partition coefficient (Wildman–Crippen LogP) is 1.73. The first kappa shape index (κ1) is 17.6. The number of nitrogens with one attached hydrogen (secondary N) is 1. The smallest absolute Gasteiger partial charge is 0.263 e. The van der Waals surface area contributed by atoms with Crippen molar-refractivity contribution in [3.63, 3.8) is 0 Å². The second-order valence-corrected chi connectivity index (χ2v) is 7.80. The molecule has 1 fully saturated rings. The monoisotopic (exact) mass is 361 g/mol. The number of anilines is 2. The van der Waals surface area contributed by atoms with E-state index in [1.54, 1.807) is 24.3 Å². The summed E-state index contributed by atoms with van der Waals surface area (Å²) in [6.45, 7) is 8.86. The van der Waals surface area contributed by atoms with Gasteiger partial charge >= 0.3 is 0 Å². The fraction of sp³-hybridized carbons (Fsp3) is 0.412. The molecule has 3 rings (SSSR count). The van der Waals surface area contributed by atoms with Gasteiger partial charge in [-0.25, -0.2) is 8.42 Å². The number of benzene rings is 1. The Labute approximate surface area is 148 Å². The van der Waals surface area contributed by atoms with E-state index in [1.807, 2.05) is 19.1 Å². The van der Waals surface area contributed by atoms with Gasteiger partial charge in [0.1, 0.15) is 0 Å². The van der Waals surface area contributed by atoms with Crippen molar-refractivity contribution in [1.82, 2.24) is 15.1 Å². The molecule has 2 aromatic rings. The molecule has 0 bridgehead atoms. The van der Waals surface area contributed by atoms with Crippen molar-refractivity contribution in [2.75, 3.05) is 42.3 Å². The zero-order valence-electron chi connectivity index (χ0n) is 14.5. The SMILES string of the molecule is CCN1CCN(c2ccc(NS(=O)(=O)c3cccc(C)c3)nn2)CC1. The Hall–Kier alpha value is -2.19. The number of aryl methyl sites for hydroxylation is 1. The summed E-state index contributed by atoms with van der Waals surface area (Å²) in [4.78, 5) is 4.76. The van der Waals surface area contributed by atoms with Gasteiger partial charge in [-0.3, -0.25) is 4.72 Å². The number of nitrogens with zero attached hydrogens (tertiary/aromatic N) is 4. The minimum atomic E-state index is -3.66. The summed E-state index contributed by atoms with van der Waals surface area (Å²) in [6.07, 6.45) is 0. The maximum absolute atomic E-state index is 12.4. The highest BCUT2D eigenvalue weighted by molar-refractivity contribution is 7.92. The highest BCUT2D eigenvalue weighted by atomic mass is 32.2. The van der Waals surface area contributed by atoms with Gasteiger partial charge in [-0.2, -0.15) is 0 Å². The second-order valence-electron chi connectivity index (χ2n) is 6.12. The third kappa shape index (κ3) is 4.26. The number of hydrogen-bond acceptors (Lipinski definition) is 6. The van der Waals surface area contributed by atoms with E-state index in [0.717, 1.165) is 44.1 Å². The lowest BCUT2D eigenvalue weighted by Gasteiger charge is -2.34. The number of piperazine rings is 1. The van der Waals surface area contributed by atoms with E-state index in [-0.39, 0.29) is 10.7 Å². The summed E-state index contributed by atoms with van der Waals surface area (Å²) in [5.74, 6) is 0.992. The number of rotatable bonds is 5. The van der Waals surface area contributed by atoms with Gasteiger partial charge in [0, 0.05) is 26.2 Å². The average Bonchev–Trinajstić information content (AvgIpc) is 2.62. The van der Waals surface area contributed by atoms with Crippen molar-refractivity contribution in [2.45, 2.75) is 18.7 Å². The topological polar surface area (TPSA) is 78.4 Å². The summed E-state index contributed by atoms with van der Waals surface area (Å²) < 4.78 is 27.3. The van der Waals surface area contributed by atoms with E-state index in [1.165, 1.54) is 0 Å². The molecule has 25 heavy (non-hydrogen) atoms. The molecule has 0 radical (unpaired) electrons. The van der Waals surface area contributed by atoms with Crippen LogP contribution in [0.25, 0.3) is 0 Å². The normalized spacial score (nSPS) is 16.0. The van der Waals surface area contributed by atoms with Crippen LogP contribution < -0.4 is 9.62 Å². The lowest BCUT2D eigenvalue weighted by atomic mass is 10.2. The third-order valence-corrected chi connectivity index (χ3v) is 5.69. The van der Waals surface area contributed by atoms with Crippen molar-refractivity contribution < 1.29 is 8.42 Å². The zero-order valence-corrected chi connectivity index (χ0v) is 15.3. The first-order valence-electron chi connectivity index (χ1n) is 8.38. The molecular formula is C17H23N5O2S. The van der Waals surface area contributed by atoms with Gasteiger partial charge in [0.25, 0.3) is 10.0 Å². The summed E-state index contributed by atoms with van der Waals surface area (Å²) in [5.41, 5.74) is 0.885. The third-order valence-electron chi connectivity index (χ3n) is 4.33. The molecule has 1 N–H and O–H groups in total. The molecule has 8 heteroatoms. The molecule has 0 spiro atoms. The molecule has 7 nitrogen and oxygen atoms in total. The molecule has 134 valence electrons. The van der Waals surface area contributed by atoms with Crippen molar-refractivity contribution in [3.8, 4) is 0 Å². The summed E-state index contributed by atoms with van der Waals surface area (Å²) >= 11 is 0. The molecule has 1 aromatic heterocycles. The van der Waals surface area contributed by atoms with Crippen LogP contribution in [0.15, 0.2) is 41.3 Å². The summed E-state index contributed by atoms with van der Waals surface area (Å²) in [5, 5.41) is 8.21. The number of aromatic nitrogens is 2. The molecular weight excluding hydrogens is 338 g/mol. The van der Waals surface area contributed by atoms with Crippen molar-refractivity contribution >= 4 is 21.7 Å². The van der Waals surface area contributed by atoms with Gasteiger partial charge in [-0.05, 0) is 43.3 Å². The number of likely N-dealkylation sites (N-methyl/N-ethyl adjacent to an activating group) is 1. The van der Waals surface area contributed by atoms with Crippen LogP contribution in [0.2, 0.25) is 0 Å². The van der Waals surface area contributed by atoms with Gasteiger partial charge in [-0.1, -0.05) is 19.1 Å². The van der Waals surface area contributed by atoms with Gasteiger partial charge in [0.05, 0.1) is 4.90 Å². The lowest BCUT2D eigenvalue weighted by Crippen LogP contribution is -2.46. The van der Waals surface area contributed by atoms with Crippen LogP contribution in [-0.4, -0.2) is 56.2 Å². The maximum atomic E-state index is 12.4. The average molecular weight is 361 g/mol. The first-order valence-corrected chi connectivity index (χ1v) is 9.87. The summed E-state index contributed by atoms with van der Waals surface area (Å²) in [7, 11) is -3.66. The first-order chi connectivity index (χ1) is 12.0. The Morgan fingerprint density at radius 2 is 1.84 bits per heavy atom. The van der Waals surface area contributed by atoms with E-state index in [4.69, 9.17) is 0 Å². The highest BCUT2D eigenvalue weighted by Gasteiger charge is 2.18. The molecule has 2 heterocycles. The quantitative estimate of drug-likeness (QED) is 0.874. The van der Waals surface area contributed by atoms with Crippen molar-refractivity contribution in [2.24, 2.45) is 0 Å². The van der Waals surface area contributed by atoms with Crippen LogP contribution in [0.1, 0.15) is 12.5 Å². The maximum Gasteiger partial charge on any atom is 0.263 e. The Kier molecular flexibility index (Phi) is 5.19. The molecule has 0 aliphatic carbocycles. The number of sulfonamides is 1. The Morgan fingerprint density at radius 3 is 2.44 bits per heavy atom. The summed E-state index contributed by atoms with van der Waals surface area (Å²) in [6, 6.07) is 10.2. The molecule has 0 amide bonds. The molecule has 1 aromatic carbocycles. The van der Waals surface area contributed by atoms with Crippen LogP contribution in [-0.2, 0) is 10.0 Å². The van der Waals surface area contributed by atoms with Gasteiger partial charge in [0.15, 0.2) is 11.6 Å². The molecule has 1 aliphatic rings. The molecule has 0 unspecified atom stereocenters. The van der Waals surface area contributed by atoms with E-state index in [2.05, 4.69) is 31.6 Å². The Bertz CT molecular complexity index is 815. The van der Waals surface area contributed by atoms with E-state index < -0.39 is 10.0 Å². The van der Waals surface area contributed by atoms with Crippen molar-refractivity contribution in [1.29, 1.82) is 0 Å². The van der Waals surface area contributed by atoms with Gasteiger partial charge < -0.3 is 9.80 Å². The largest absolute Gasteiger partial charge is 0.353 e. The number of hydrogen-bond donors (Lipinski definition) is 1. The molecule has 0 atom stereocenters. The second kappa shape index (κ2) is 7.37. The fourth-order valence-electron chi connectivity index (χ4n) is 2.82. The minimum Gasteiger partial charge on any atom is -0.353 e. The molecule has 1 aliphatic heterocycles. The van der Waals surface area contributed by atoms with Crippen molar-refractivity contribution in [3.05, 3.63) is 42.0 Å². The molecule has 1 saturated heterocycles. The van der Waals surface area contributed by atoms with Gasteiger partial charge in [0.2, 0.25) is 0 Å². The van der Waals surface area contributed by atoms with Crippen LogP contribution in [0.3, 0.4) is 0 Å². The highest BCUT2D eigenvalue weighted by Crippen LogP contribution is 2.18. The molecule has 0 saturated carbocycles. The van der Waals surface area contributed by atoms with Crippen LogP contribution in [0, 0.1) is 6.92 Å². The van der Waals surface area contributed by atoms with Crippen LogP contribution in [0.4, 0.5) is 11.6 Å². The Balaban J connectivity index is 1.68. The minimum absolute atomic E-state index is 0.217. The fourth-order valence-corrected chi connectivity index (χ4v) is 3.92.